The van der Waals surface area contributed by atoms with E-state index >= 15 is 0 Å². The van der Waals surface area contributed by atoms with E-state index in [9.17, 15) is 4.79 Å². The normalized spacial score (nSPS) is 18.0. The molecule has 0 unspecified atom stereocenters. The number of likely N-dealkylation sites (tertiary alicyclic amines) is 1. The van der Waals surface area contributed by atoms with Gasteiger partial charge in [0.2, 0.25) is 5.88 Å². The van der Waals surface area contributed by atoms with Gasteiger partial charge in [0.25, 0.3) is 5.91 Å². The first-order valence-electron chi connectivity index (χ1n) is 8.37. The molecule has 0 aliphatic carbocycles. The minimum absolute atomic E-state index is 0.0323. The highest BCUT2D eigenvalue weighted by atomic mass is 16.5. The van der Waals surface area contributed by atoms with E-state index in [2.05, 4.69) is 15.1 Å². The molecule has 24 heavy (non-hydrogen) atoms. The number of rotatable bonds is 5. The van der Waals surface area contributed by atoms with Crippen LogP contribution in [0.25, 0.3) is 0 Å². The number of hydrogen-bond donors (Lipinski definition) is 0. The van der Waals surface area contributed by atoms with Gasteiger partial charge in [-0.15, -0.1) is 0 Å². The predicted octanol–water partition coefficient (Wildman–Crippen LogP) is 2.01. The molecule has 1 atom stereocenters. The summed E-state index contributed by atoms with van der Waals surface area (Å²) in [7, 11) is 0. The lowest BCUT2D eigenvalue weighted by Crippen LogP contribution is -2.41. The lowest BCUT2D eigenvalue weighted by atomic mass is 9.98. The van der Waals surface area contributed by atoms with Crippen molar-refractivity contribution in [2.45, 2.75) is 39.3 Å². The molecule has 1 aliphatic heterocycles. The molecule has 1 saturated heterocycles. The molecule has 0 aromatic carbocycles. The number of amides is 1. The molecule has 2 aromatic rings. The van der Waals surface area contributed by atoms with E-state index in [0.29, 0.717) is 17.5 Å². The van der Waals surface area contributed by atoms with E-state index < -0.39 is 0 Å². The lowest BCUT2D eigenvalue weighted by molar-refractivity contribution is 0.0652. The van der Waals surface area contributed by atoms with Crippen molar-refractivity contribution >= 4 is 5.91 Å². The van der Waals surface area contributed by atoms with Crippen LogP contribution in [0.3, 0.4) is 0 Å². The van der Waals surface area contributed by atoms with Crippen LogP contribution in [0.1, 0.15) is 37.2 Å². The zero-order chi connectivity index (χ0) is 16.9. The van der Waals surface area contributed by atoms with Crippen LogP contribution in [0.2, 0.25) is 0 Å². The minimum atomic E-state index is -0.0347. The minimum Gasteiger partial charge on any atom is -0.475 e. The highest BCUT2D eigenvalue weighted by Gasteiger charge is 2.25. The largest absolute Gasteiger partial charge is 0.475 e. The van der Waals surface area contributed by atoms with Crippen molar-refractivity contribution in [3.63, 3.8) is 0 Å². The fraction of sp³-hybridized carbons (Fsp3) is 0.529. The lowest BCUT2D eigenvalue weighted by Gasteiger charge is -2.32. The summed E-state index contributed by atoms with van der Waals surface area (Å²) in [5.41, 5.74) is 0.439. The van der Waals surface area contributed by atoms with Gasteiger partial charge in [0.15, 0.2) is 0 Å². The number of ether oxygens (including phenoxy) is 1. The van der Waals surface area contributed by atoms with Crippen molar-refractivity contribution in [1.82, 2.24) is 24.6 Å². The maximum atomic E-state index is 12.8. The van der Waals surface area contributed by atoms with E-state index in [0.717, 1.165) is 32.5 Å². The molecular formula is C17H23N5O2. The average Bonchev–Trinajstić information content (AvgIpc) is 3.07. The van der Waals surface area contributed by atoms with Crippen LogP contribution in [-0.2, 0) is 6.54 Å². The summed E-state index contributed by atoms with van der Waals surface area (Å²) in [6.45, 7) is 6.15. The molecule has 0 N–H and O–H groups in total. The van der Waals surface area contributed by atoms with Crippen molar-refractivity contribution in [3.05, 3.63) is 36.5 Å². The Labute approximate surface area is 141 Å². The Morgan fingerprint density at radius 3 is 3.04 bits per heavy atom. The van der Waals surface area contributed by atoms with Crippen LogP contribution in [0.4, 0.5) is 0 Å². The van der Waals surface area contributed by atoms with Gasteiger partial charge in [-0.05, 0) is 38.7 Å². The molecule has 0 bridgehead atoms. The Morgan fingerprint density at radius 1 is 1.42 bits per heavy atom. The summed E-state index contributed by atoms with van der Waals surface area (Å²) < 4.78 is 7.41. The third-order valence-electron chi connectivity index (χ3n) is 4.02. The van der Waals surface area contributed by atoms with Gasteiger partial charge in [-0.2, -0.15) is 5.10 Å². The fourth-order valence-electron chi connectivity index (χ4n) is 2.99. The average molecular weight is 329 g/mol. The smallest absolute Gasteiger partial charge is 0.272 e. The van der Waals surface area contributed by atoms with Crippen LogP contribution in [0.15, 0.2) is 30.9 Å². The standard InChI is InChI=1S/C17H23N5O2/c1-13(2)24-16-7-3-6-15(20-16)17(23)21-8-4-5-14(9-21)10-22-12-18-11-19-22/h3,6-7,11-14H,4-5,8-10H2,1-2H3/t14-/m0/s1. The Balaban J connectivity index is 1.65. The maximum Gasteiger partial charge on any atom is 0.272 e. The van der Waals surface area contributed by atoms with Crippen molar-refractivity contribution in [1.29, 1.82) is 0 Å². The third-order valence-corrected chi connectivity index (χ3v) is 4.02. The molecule has 0 saturated carbocycles. The molecule has 1 amide bonds. The summed E-state index contributed by atoms with van der Waals surface area (Å²) in [6.07, 6.45) is 5.37. The molecule has 1 aliphatic rings. The Bertz CT molecular complexity index is 671. The molecule has 7 nitrogen and oxygen atoms in total. The summed E-state index contributed by atoms with van der Waals surface area (Å²) in [4.78, 5) is 23.0. The van der Waals surface area contributed by atoms with E-state index in [1.54, 1.807) is 18.5 Å². The zero-order valence-electron chi connectivity index (χ0n) is 14.1. The van der Waals surface area contributed by atoms with Crippen molar-refractivity contribution < 1.29 is 9.53 Å². The summed E-state index contributed by atoms with van der Waals surface area (Å²) >= 11 is 0. The second-order valence-corrected chi connectivity index (χ2v) is 6.40. The van der Waals surface area contributed by atoms with Crippen molar-refractivity contribution in [3.8, 4) is 5.88 Å². The molecule has 128 valence electrons. The van der Waals surface area contributed by atoms with Crippen molar-refractivity contribution in [2.24, 2.45) is 5.92 Å². The highest BCUT2D eigenvalue weighted by molar-refractivity contribution is 5.92. The van der Waals surface area contributed by atoms with Crippen LogP contribution >= 0.6 is 0 Å². The van der Waals surface area contributed by atoms with E-state index in [4.69, 9.17) is 4.74 Å². The first kappa shape index (κ1) is 16.4. The Kier molecular flexibility index (Phi) is 5.08. The summed E-state index contributed by atoms with van der Waals surface area (Å²) in [5, 5.41) is 4.15. The van der Waals surface area contributed by atoms with Crippen LogP contribution in [0, 0.1) is 5.92 Å². The second-order valence-electron chi connectivity index (χ2n) is 6.40. The summed E-state index contributed by atoms with van der Waals surface area (Å²) in [6, 6.07) is 5.34. The molecule has 2 aromatic heterocycles. The number of piperidine rings is 1. The van der Waals surface area contributed by atoms with Crippen molar-refractivity contribution in [2.75, 3.05) is 13.1 Å². The maximum absolute atomic E-state index is 12.8. The first-order valence-corrected chi connectivity index (χ1v) is 8.37. The second kappa shape index (κ2) is 7.42. The van der Waals surface area contributed by atoms with Gasteiger partial charge in [0, 0.05) is 25.7 Å². The van der Waals surface area contributed by atoms with Gasteiger partial charge in [0.05, 0.1) is 6.10 Å². The van der Waals surface area contributed by atoms with Crippen LogP contribution in [-0.4, -0.2) is 49.7 Å². The third kappa shape index (κ3) is 4.10. The van der Waals surface area contributed by atoms with Gasteiger partial charge in [-0.1, -0.05) is 6.07 Å². The number of carbonyl (C=O) groups excluding carboxylic acids is 1. The van der Waals surface area contributed by atoms with E-state index in [1.165, 1.54) is 6.33 Å². The van der Waals surface area contributed by atoms with Crippen LogP contribution in [0.5, 0.6) is 5.88 Å². The topological polar surface area (TPSA) is 73.1 Å². The fourth-order valence-corrected chi connectivity index (χ4v) is 2.99. The number of carbonyl (C=O) groups is 1. The van der Waals surface area contributed by atoms with E-state index in [1.807, 2.05) is 29.5 Å². The predicted molar refractivity (Wildman–Crippen MR) is 88.7 cm³/mol. The molecule has 1 fully saturated rings. The summed E-state index contributed by atoms with van der Waals surface area (Å²) in [5.74, 6) is 0.846. The van der Waals surface area contributed by atoms with Gasteiger partial charge in [0.1, 0.15) is 18.3 Å². The Hall–Kier alpha value is -2.44. The monoisotopic (exact) mass is 329 g/mol. The first-order chi connectivity index (χ1) is 11.6. The van der Waals surface area contributed by atoms with Gasteiger partial charge >= 0.3 is 0 Å². The number of nitrogens with zero attached hydrogens (tertiary/aromatic N) is 5. The molecule has 3 rings (SSSR count). The Morgan fingerprint density at radius 2 is 2.29 bits per heavy atom. The van der Waals surface area contributed by atoms with Gasteiger partial charge in [-0.25, -0.2) is 9.97 Å². The molecule has 3 heterocycles. The molecule has 0 radical (unpaired) electrons. The number of aromatic nitrogens is 4. The van der Waals surface area contributed by atoms with Gasteiger partial charge < -0.3 is 9.64 Å². The van der Waals surface area contributed by atoms with Gasteiger partial charge in [-0.3, -0.25) is 9.48 Å². The van der Waals surface area contributed by atoms with Crippen LogP contribution < -0.4 is 4.74 Å². The quantitative estimate of drug-likeness (QED) is 0.839. The zero-order valence-corrected chi connectivity index (χ0v) is 14.1. The number of hydrogen-bond acceptors (Lipinski definition) is 5. The highest BCUT2D eigenvalue weighted by Crippen LogP contribution is 2.20. The molecule has 0 spiro atoms. The SMILES string of the molecule is CC(C)Oc1cccc(C(=O)N2CCC[C@H](Cn3cncn3)C2)n1. The number of pyridine rings is 1. The molecular weight excluding hydrogens is 306 g/mol. The van der Waals surface area contributed by atoms with E-state index in [-0.39, 0.29) is 12.0 Å². The molecule has 7 heteroatoms.